The molecule has 0 spiro atoms. The Balaban J connectivity index is 2.68. The summed E-state index contributed by atoms with van der Waals surface area (Å²) in [4.78, 5) is 10.4. The van der Waals surface area contributed by atoms with E-state index in [0.717, 1.165) is 10.4 Å². The molecule has 27 heavy (non-hydrogen) atoms. The largest absolute Gasteiger partial charge is 0.497 e. The molecular formula is C18H20N2O6S. The Bertz CT molecular complexity index is 972. The van der Waals surface area contributed by atoms with Gasteiger partial charge in [0, 0.05) is 17.7 Å². The molecule has 9 heteroatoms. The Kier molecular flexibility index (Phi) is 6.06. The topological polar surface area (TPSA) is 99.0 Å². The highest BCUT2D eigenvalue weighted by atomic mass is 32.2. The first-order valence-corrected chi connectivity index (χ1v) is 9.31. The van der Waals surface area contributed by atoms with Crippen molar-refractivity contribution in [2.75, 3.05) is 25.1 Å². The van der Waals surface area contributed by atoms with Crippen LogP contribution in [0.3, 0.4) is 0 Å². The molecule has 0 aliphatic carbocycles. The van der Waals surface area contributed by atoms with Gasteiger partial charge in [-0.15, -0.1) is 6.58 Å². The lowest BCUT2D eigenvalue weighted by Crippen LogP contribution is -2.31. The van der Waals surface area contributed by atoms with Crippen LogP contribution in [0.5, 0.6) is 11.5 Å². The third kappa shape index (κ3) is 4.03. The van der Waals surface area contributed by atoms with Crippen molar-refractivity contribution in [3.8, 4) is 11.5 Å². The summed E-state index contributed by atoms with van der Waals surface area (Å²) in [5.74, 6) is 0.743. The molecule has 0 bridgehead atoms. The zero-order chi connectivity index (χ0) is 20.2. The number of nitro groups is 1. The van der Waals surface area contributed by atoms with Crippen LogP contribution in [0.25, 0.3) is 0 Å². The Morgan fingerprint density at radius 1 is 1.19 bits per heavy atom. The number of benzene rings is 2. The predicted molar refractivity (Wildman–Crippen MR) is 102 cm³/mol. The van der Waals surface area contributed by atoms with E-state index in [1.165, 1.54) is 38.5 Å². The van der Waals surface area contributed by atoms with Crippen LogP contribution in [0.4, 0.5) is 11.4 Å². The maximum absolute atomic E-state index is 13.2. The highest BCUT2D eigenvalue weighted by Crippen LogP contribution is 2.36. The van der Waals surface area contributed by atoms with E-state index in [1.807, 2.05) is 0 Å². The fourth-order valence-electron chi connectivity index (χ4n) is 2.51. The molecular weight excluding hydrogens is 372 g/mol. The summed E-state index contributed by atoms with van der Waals surface area (Å²) in [5, 5.41) is 11.2. The minimum Gasteiger partial charge on any atom is -0.497 e. The van der Waals surface area contributed by atoms with Gasteiger partial charge in [-0.05, 0) is 25.1 Å². The Morgan fingerprint density at radius 2 is 1.89 bits per heavy atom. The zero-order valence-electron chi connectivity index (χ0n) is 15.2. The zero-order valence-corrected chi connectivity index (χ0v) is 16.0. The number of aryl methyl sites for hydroxylation is 1. The lowest BCUT2D eigenvalue weighted by atomic mass is 10.2. The lowest BCUT2D eigenvalue weighted by Gasteiger charge is -2.25. The summed E-state index contributed by atoms with van der Waals surface area (Å²) in [7, 11) is -1.25. The molecule has 0 aliphatic heterocycles. The van der Waals surface area contributed by atoms with Crippen molar-refractivity contribution >= 4 is 21.4 Å². The molecule has 0 aliphatic rings. The van der Waals surface area contributed by atoms with Crippen molar-refractivity contribution in [1.82, 2.24) is 0 Å². The average Bonchev–Trinajstić information content (AvgIpc) is 2.65. The van der Waals surface area contributed by atoms with Crippen LogP contribution in [0.1, 0.15) is 5.56 Å². The van der Waals surface area contributed by atoms with Crippen molar-refractivity contribution in [2.24, 2.45) is 0 Å². The number of methoxy groups -OCH3 is 2. The molecule has 0 heterocycles. The van der Waals surface area contributed by atoms with E-state index in [-0.39, 0.29) is 22.8 Å². The molecule has 144 valence electrons. The molecule has 0 saturated heterocycles. The van der Waals surface area contributed by atoms with Gasteiger partial charge in [0.25, 0.3) is 15.7 Å². The number of nitrogens with zero attached hydrogens (tertiary/aromatic N) is 2. The third-order valence-electron chi connectivity index (χ3n) is 3.91. The summed E-state index contributed by atoms with van der Waals surface area (Å²) in [6.07, 6.45) is 1.42. The van der Waals surface area contributed by atoms with Crippen molar-refractivity contribution in [3.63, 3.8) is 0 Å². The number of sulfonamides is 1. The number of hydrogen-bond donors (Lipinski definition) is 0. The lowest BCUT2D eigenvalue weighted by molar-refractivity contribution is -0.385. The van der Waals surface area contributed by atoms with Gasteiger partial charge in [-0.2, -0.15) is 0 Å². The maximum atomic E-state index is 13.2. The van der Waals surface area contributed by atoms with Gasteiger partial charge < -0.3 is 9.47 Å². The van der Waals surface area contributed by atoms with E-state index in [1.54, 1.807) is 19.1 Å². The van der Waals surface area contributed by atoms with E-state index >= 15 is 0 Å². The summed E-state index contributed by atoms with van der Waals surface area (Å²) in [6, 6.07) is 8.52. The Morgan fingerprint density at radius 3 is 2.44 bits per heavy atom. The molecule has 0 aromatic heterocycles. The van der Waals surface area contributed by atoms with Crippen LogP contribution < -0.4 is 13.8 Å². The molecule has 2 aromatic rings. The van der Waals surface area contributed by atoms with Crippen molar-refractivity contribution < 1.29 is 22.8 Å². The first kappa shape index (κ1) is 20.2. The maximum Gasteiger partial charge on any atom is 0.273 e. The SMILES string of the molecule is C=CCN(c1cc(OC)ccc1OC)S(=O)(=O)c1ccc(C)c([N+](=O)[O-])c1. The van der Waals surface area contributed by atoms with E-state index in [2.05, 4.69) is 6.58 Å². The van der Waals surface area contributed by atoms with E-state index in [0.29, 0.717) is 17.1 Å². The van der Waals surface area contributed by atoms with Gasteiger partial charge in [0.05, 0.1) is 36.3 Å². The first-order chi connectivity index (χ1) is 12.8. The second-order valence-corrected chi connectivity index (χ2v) is 7.43. The quantitative estimate of drug-likeness (QED) is 0.388. The summed E-state index contributed by atoms with van der Waals surface area (Å²) in [6.45, 7) is 5.09. The highest BCUT2D eigenvalue weighted by molar-refractivity contribution is 7.92. The van der Waals surface area contributed by atoms with Gasteiger partial charge in [0.1, 0.15) is 11.5 Å². The molecule has 2 aromatic carbocycles. The van der Waals surface area contributed by atoms with Crippen molar-refractivity contribution in [3.05, 3.63) is 64.7 Å². The van der Waals surface area contributed by atoms with Crippen molar-refractivity contribution in [2.45, 2.75) is 11.8 Å². The van der Waals surface area contributed by atoms with Gasteiger partial charge in [-0.1, -0.05) is 12.1 Å². The molecule has 0 N–H and O–H groups in total. The molecule has 0 unspecified atom stereocenters. The molecule has 0 amide bonds. The van der Waals surface area contributed by atoms with Gasteiger partial charge in [0.2, 0.25) is 0 Å². The number of nitro benzene ring substituents is 1. The molecule has 0 saturated carbocycles. The van der Waals surface area contributed by atoms with Gasteiger partial charge in [-0.25, -0.2) is 8.42 Å². The van der Waals surface area contributed by atoms with Crippen molar-refractivity contribution in [1.29, 1.82) is 0 Å². The summed E-state index contributed by atoms with van der Waals surface area (Å²) < 4.78 is 38.0. The predicted octanol–water partition coefficient (Wildman–Crippen LogP) is 3.30. The van der Waals surface area contributed by atoms with Crippen LogP contribution >= 0.6 is 0 Å². The third-order valence-corrected chi connectivity index (χ3v) is 5.69. The smallest absolute Gasteiger partial charge is 0.273 e. The fourth-order valence-corrected chi connectivity index (χ4v) is 3.97. The Labute approximate surface area is 157 Å². The monoisotopic (exact) mass is 392 g/mol. The van der Waals surface area contributed by atoms with Crippen LogP contribution in [0, 0.1) is 17.0 Å². The minimum atomic E-state index is -4.12. The normalized spacial score (nSPS) is 10.9. The molecule has 0 atom stereocenters. The number of rotatable bonds is 8. The fraction of sp³-hybridized carbons (Fsp3) is 0.222. The van der Waals surface area contributed by atoms with Crippen LogP contribution in [-0.2, 0) is 10.0 Å². The van der Waals surface area contributed by atoms with Gasteiger partial charge in [0.15, 0.2) is 0 Å². The van der Waals surface area contributed by atoms with E-state index in [4.69, 9.17) is 9.47 Å². The highest BCUT2D eigenvalue weighted by Gasteiger charge is 2.29. The van der Waals surface area contributed by atoms with Crippen LogP contribution in [0.15, 0.2) is 53.9 Å². The number of ether oxygens (including phenoxy) is 2. The van der Waals surface area contributed by atoms with E-state index < -0.39 is 14.9 Å². The number of hydrogen-bond acceptors (Lipinski definition) is 6. The minimum absolute atomic E-state index is 0.0620. The molecule has 2 rings (SSSR count). The second-order valence-electron chi connectivity index (χ2n) is 5.57. The Hall–Kier alpha value is -3.07. The summed E-state index contributed by atoms with van der Waals surface area (Å²) >= 11 is 0. The summed E-state index contributed by atoms with van der Waals surface area (Å²) in [5.41, 5.74) is 0.334. The van der Waals surface area contributed by atoms with E-state index in [9.17, 15) is 18.5 Å². The van der Waals surface area contributed by atoms with Gasteiger partial charge >= 0.3 is 0 Å². The van der Waals surface area contributed by atoms with Gasteiger partial charge in [-0.3, -0.25) is 14.4 Å². The van der Waals surface area contributed by atoms with Crippen LogP contribution in [-0.4, -0.2) is 34.1 Å². The standard InChI is InChI=1S/C18H20N2O6S/c1-5-10-19(17-11-14(25-3)7-9-18(17)26-4)27(23,24)15-8-6-13(2)16(12-15)20(21)22/h5-9,11-12H,1,10H2,2-4H3. The molecule has 0 radical (unpaired) electrons. The first-order valence-electron chi connectivity index (χ1n) is 7.87. The number of anilines is 1. The average molecular weight is 392 g/mol. The second kappa shape index (κ2) is 8.09. The molecule has 8 nitrogen and oxygen atoms in total. The molecule has 0 fully saturated rings. The van der Waals surface area contributed by atoms with Crippen LogP contribution in [0.2, 0.25) is 0 Å².